The molecule has 0 unspecified atom stereocenters. The van der Waals surface area contributed by atoms with E-state index in [1.54, 1.807) is 13.8 Å². The number of hydrogen-bond donors (Lipinski definition) is 1. The van der Waals surface area contributed by atoms with E-state index in [0.29, 0.717) is 13.2 Å². The maximum atomic E-state index is 11.1. The Kier molecular flexibility index (Phi) is 4.50. The van der Waals surface area contributed by atoms with Gasteiger partial charge in [-0.3, -0.25) is 4.72 Å². The fourth-order valence-electron chi connectivity index (χ4n) is 1.07. The molecule has 0 bridgehead atoms. The highest BCUT2D eigenvalue weighted by Gasteiger charge is 2.12. The van der Waals surface area contributed by atoms with Crippen LogP contribution in [-0.4, -0.2) is 37.9 Å². The minimum Gasteiger partial charge on any atom is -0.476 e. The Hall–Kier alpha value is -1.57. The summed E-state index contributed by atoms with van der Waals surface area (Å²) in [5, 5.41) is 0. The Bertz CT molecular complexity index is 475. The van der Waals surface area contributed by atoms with Gasteiger partial charge in [-0.15, -0.1) is 0 Å². The summed E-state index contributed by atoms with van der Waals surface area (Å²) in [6.07, 6.45) is 2.35. The van der Waals surface area contributed by atoms with Crippen molar-refractivity contribution in [3.05, 3.63) is 6.20 Å². The van der Waals surface area contributed by atoms with Crippen molar-refractivity contribution in [2.75, 3.05) is 24.2 Å². The molecule has 0 amide bonds. The molecule has 0 aliphatic carbocycles. The molecule has 0 atom stereocenters. The summed E-state index contributed by atoms with van der Waals surface area (Å²) >= 11 is 0. The first kappa shape index (κ1) is 13.5. The molecule has 1 N–H and O–H groups in total. The third kappa shape index (κ3) is 4.43. The van der Waals surface area contributed by atoms with Gasteiger partial charge in [0.05, 0.1) is 25.7 Å². The smallest absolute Gasteiger partial charge is 0.319 e. The van der Waals surface area contributed by atoms with Gasteiger partial charge in [0.15, 0.2) is 0 Å². The first-order chi connectivity index (χ1) is 7.96. The van der Waals surface area contributed by atoms with Crippen molar-refractivity contribution < 1.29 is 17.9 Å². The van der Waals surface area contributed by atoms with Crippen LogP contribution in [0.2, 0.25) is 0 Å². The van der Waals surface area contributed by atoms with Crippen LogP contribution in [0.4, 0.5) is 5.69 Å². The molecule has 0 spiro atoms. The summed E-state index contributed by atoms with van der Waals surface area (Å²) in [7, 11) is -3.39. The lowest BCUT2D eigenvalue weighted by atomic mass is 10.5. The van der Waals surface area contributed by atoms with Crippen LogP contribution in [0.5, 0.6) is 11.9 Å². The van der Waals surface area contributed by atoms with Crippen LogP contribution in [0.15, 0.2) is 6.20 Å². The Balaban J connectivity index is 3.03. The molecule has 0 aromatic carbocycles. The number of sulfonamides is 1. The largest absolute Gasteiger partial charge is 0.476 e. The second-order valence-electron chi connectivity index (χ2n) is 3.11. The molecule has 7 nitrogen and oxygen atoms in total. The number of anilines is 1. The topological polar surface area (TPSA) is 90.4 Å². The van der Waals surface area contributed by atoms with E-state index in [1.165, 1.54) is 6.20 Å². The molecule has 0 aliphatic rings. The van der Waals surface area contributed by atoms with Crippen molar-refractivity contribution in [2.45, 2.75) is 13.8 Å². The standard InChI is InChI=1S/C9H15N3O4S/c1-4-15-8-7(12-17(3,13)14)6-10-9(11-8)16-5-2/h6,12H,4-5H2,1-3H3. The number of nitrogens with one attached hydrogen (secondary N) is 1. The zero-order chi connectivity index (χ0) is 12.9. The summed E-state index contributed by atoms with van der Waals surface area (Å²) < 4.78 is 34.8. The molecule has 8 heteroatoms. The van der Waals surface area contributed by atoms with Crippen molar-refractivity contribution in [3.8, 4) is 11.9 Å². The lowest BCUT2D eigenvalue weighted by molar-refractivity contribution is 0.290. The molecule has 17 heavy (non-hydrogen) atoms. The summed E-state index contributed by atoms with van der Waals surface area (Å²) in [4.78, 5) is 7.81. The maximum Gasteiger partial charge on any atom is 0.319 e. The fraction of sp³-hybridized carbons (Fsp3) is 0.556. The monoisotopic (exact) mass is 261 g/mol. The van der Waals surface area contributed by atoms with Crippen molar-refractivity contribution >= 4 is 15.7 Å². The van der Waals surface area contributed by atoms with E-state index in [1.807, 2.05) is 0 Å². The molecule has 1 rings (SSSR count). The number of rotatable bonds is 6. The van der Waals surface area contributed by atoms with Crippen LogP contribution in [-0.2, 0) is 10.0 Å². The van der Waals surface area contributed by atoms with Gasteiger partial charge in [-0.05, 0) is 13.8 Å². The number of hydrogen-bond acceptors (Lipinski definition) is 6. The van der Waals surface area contributed by atoms with E-state index in [2.05, 4.69) is 14.7 Å². The Morgan fingerprint density at radius 2 is 1.94 bits per heavy atom. The Morgan fingerprint density at radius 3 is 2.47 bits per heavy atom. The minimum atomic E-state index is -3.39. The van der Waals surface area contributed by atoms with E-state index in [4.69, 9.17) is 9.47 Å². The van der Waals surface area contributed by atoms with Crippen molar-refractivity contribution in [2.24, 2.45) is 0 Å². The SMILES string of the molecule is CCOc1ncc(NS(C)(=O)=O)c(OCC)n1. The van der Waals surface area contributed by atoms with Crippen LogP contribution in [0.3, 0.4) is 0 Å². The molecule has 0 aliphatic heterocycles. The number of aromatic nitrogens is 2. The van der Waals surface area contributed by atoms with E-state index < -0.39 is 10.0 Å². The highest BCUT2D eigenvalue weighted by atomic mass is 32.2. The normalized spacial score (nSPS) is 11.0. The fourth-order valence-corrected chi connectivity index (χ4v) is 1.61. The van der Waals surface area contributed by atoms with Gasteiger partial charge in [-0.2, -0.15) is 4.98 Å². The van der Waals surface area contributed by atoms with Crippen LogP contribution >= 0.6 is 0 Å². The van der Waals surface area contributed by atoms with E-state index in [-0.39, 0.29) is 17.6 Å². The average Bonchev–Trinajstić information content (AvgIpc) is 2.21. The van der Waals surface area contributed by atoms with Gasteiger partial charge in [-0.25, -0.2) is 13.4 Å². The molecular formula is C9H15N3O4S. The summed E-state index contributed by atoms with van der Waals surface area (Å²) in [5.74, 6) is 0.149. The number of nitrogens with zero attached hydrogens (tertiary/aromatic N) is 2. The van der Waals surface area contributed by atoms with Gasteiger partial charge in [0.2, 0.25) is 15.9 Å². The maximum absolute atomic E-state index is 11.1. The molecule has 0 saturated heterocycles. The Labute approximate surface area is 100 Å². The lowest BCUT2D eigenvalue weighted by Crippen LogP contribution is -2.12. The van der Waals surface area contributed by atoms with Gasteiger partial charge >= 0.3 is 6.01 Å². The van der Waals surface area contributed by atoms with Crippen LogP contribution < -0.4 is 14.2 Å². The molecule has 1 aromatic rings. The van der Waals surface area contributed by atoms with Crippen molar-refractivity contribution in [1.29, 1.82) is 0 Å². The summed E-state index contributed by atoms with van der Waals surface area (Å²) in [6, 6.07) is 0.148. The average molecular weight is 261 g/mol. The highest BCUT2D eigenvalue weighted by molar-refractivity contribution is 7.92. The van der Waals surface area contributed by atoms with E-state index >= 15 is 0 Å². The first-order valence-electron chi connectivity index (χ1n) is 5.06. The third-order valence-corrected chi connectivity index (χ3v) is 2.17. The zero-order valence-corrected chi connectivity index (χ0v) is 10.7. The van der Waals surface area contributed by atoms with Crippen LogP contribution in [0, 0.1) is 0 Å². The van der Waals surface area contributed by atoms with Crippen LogP contribution in [0.1, 0.15) is 13.8 Å². The molecule has 0 radical (unpaired) electrons. The predicted molar refractivity (Wildman–Crippen MR) is 62.8 cm³/mol. The Morgan fingerprint density at radius 1 is 1.29 bits per heavy atom. The lowest BCUT2D eigenvalue weighted by Gasteiger charge is -2.10. The third-order valence-electron chi connectivity index (χ3n) is 1.58. The molecule has 0 saturated carbocycles. The molecule has 96 valence electrons. The molecular weight excluding hydrogens is 246 g/mol. The molecule has 0 fully saturated rings. The second-order valence-corrected chi connectivity index (χ2v) is 4.86. The van der Waals surface area contributed by atoms with Crippen LogP contribution in [0.25, 0.3) is 0 Å². The minimum absolute atomic E-state index is 0.148. The first-order valence-corrected chi connectivity index (χ1v) is 6.95. The number of ether oxygens (including phenoxy) is 2. The van der Waals surface area contributed by atoms with Gasteiger partial charge in [0, 0.05) is 0 Å². The van der Waals surface area contributed by atoms with E-state index in [0.717, 1.165) is 6.26 Å². The quantitative estimate of drug-likeness (QED) is 0.808. The van der Waals surface area contributed by atoms with E-state index in [9.17, 15) is 8.42 Å². The van der Waals surface area contributed by atoms with Gasteiger partial charge in [0.1, 0.15) is 5.69 Å². The predicted octanol–water partition coefficient (Wildman–Crippen LogP) is 0.645. The van der Waals surface area contributed by atoms with Gasteiger partial charge in [-0.1, -0.05) is 0 Å². The van der Waals surface area contributed by atoms with Crippen molar-refractivity contribution in [3.63, 3.8) is 0 Å². The highest BCUT2D eigenvalue weighted by Crippen LogP contribution is 2.23. The van der Waals surface area contributed by atoms with Crippen molar-refractivity contribution in [1.82, 2.24) is 9.97 Å². The molecule has 1 heterocycles. The second kappa shape index (κ2) is 5.67. The van der Waals surface area contributed by atoms with Gasteiger partial charge in [0.25, 0.3) is 0 Å². The summed E-state index contributed by atoms with van der Waals surface area (Å²) in [6.45, 7) is 4.35. The molecule has 1 aromatic heterocycles. The summed E-state index contributed by atoms with van der Waals surface area (Å²) in [5.41, 5.74) is 0.192. The van der Waals surface area contributed by atoms with Gasteiger partial charge < -0.3 is 9.47 Å². The zero-order valence-electron chi connectivity index (χ0n) is 9.93.